The molecule has 2 rings (SSSR count). The summed E-state index contributed by atoms with van der Waals surface area (Å²) < 4.78 is 1.09. The smallest absolute Gasteiger partial charge is 0.0838 e. The number of alkyl halides is 1. The molecule has 0 heterocycles. The molecule has 0 aliphatic carbocycles. The van der Waals surface area contributed by atoms with E-state index in [1.165, 1.54) is 16.7 Å². The molecule has 0 bridgehead atoms. The molecule has 0 aliphatic rings. The number of benzene rings is 2. The van der Waals surface area contributed by atoms with Gasteiger partial charge in [0.1, 0.15) is 0 Å². The van der Waals surface area contributed by atoms with Crippen LogP contribution in [0.5, 0.6) is 0 Å². The first-order chi connectivity index (χ1) is 8.08. The van der Waals surface area contributed by atoms with Gasteiger partial charge >= 0.3 is 0 Å². The lowest BCUT2D eigenvalue weighted by Crippen LogP contribution is -1.96. The fourth-order valence-corrected chi connectivity index (χ4v) is 2.70. The molecular formula is C15H14BrCl. The Morgan fingerprint density at radius 1 is 1.00 bits per heavy atom. The summed E-state index contributed by atoms with van der Waals surface area (Å²) in [4.78, 5) is 0. The molecule has 0 aliphatic heterocycles. The summed E-state index contributed by atoms with van der Waals surface area (Å²) in [5, 5.41) is -0.0799. The molecule has 0 spiro atoms. The minimum Gasteiger partial charge on any atom is -0.113 e. The number of hydrogen-bond donors (Lipinski definition) is 0. The molecular weight excluding hydrogens is 296 g/mol. The van der Waals surface area contributed by atoms with Gasteiger partial charge in [-0.1, -0.05) is 51.8 Å². The van der Waals surface area contributed by atoms with Crippen molar-refractivity contribution in [2.45, 2.75) is 19.2 Å². The molecule has 1 atom stereocenters. The lowest BCUT2D eigenvalue weighted by atomic mass is 9.99. The van der Waals surface area contributed by atoms with E-state index in [1.807, 2.05) is 6.07 Å². The van der Waals surface area contributed by atoms with E-state index < -0.39 is 0 Å². The quantitative estimate of drug-likeness (QED) is 0.652. The molecule has 0 nitrogen and oxygen atoms in total. The summed E-state index contributed by atoms with van der Waals surface area (Å²) in [6, 6.07) is 14.6. The van der Waals surface area contributed by atoms with Crippen LogP contribution >= 0.6 is 27.5 Å². The number of hydrogen-bond acceptors (Lipinski definition) is 0. The monoisotopic (exact) mass is 308 g/mol. The first-order valence-corrected chi connectivity index (χ1v) is 6.77. The summed E-state index contributed by atoms with van der Waals surface area (Å²) in [6.45, 7) is 4.17. The van der Waals surface area contributed by atoms with Gasteiger partial charge in [0.2, 0.25) is 0 Å². The summed E-state index contributed by atoms with van der Waals surface area (Å²) in [6.07, 6.45) is 0. The van der Waals surface area contributed by atoms with Crippen LogP contribution in [0.15, 0.2) is 46.9 Å². The van der Waals surface area contributed by atoms with Gasteiger partial charge in [0.05, 0.1) is 5.38 Å². The molecule has 88 valence electrons. The molecule has 2 aromatic rings. The highest BCUT2D eigenvalue weighted by molar-refractivity contribution is 9.10. The molecule has 0 aromatic heterocycles. The molecule has 1 unspecified atom stereocenters. The molecule has 0 saturated carbocycles. The van der Waals surface area contributed by atoms with Crippen LogP contribution in [-0.2, 0) is 0 Å². The highest BCUT2D eigenvalue weighted by atomic mass is 79.9. The second-order valence-electron chi connectivity index (χ2n) is 4.27. The van der Waals surface area contributed by atoms with Crippen LogP contribution in [0.3, 0.4) is 0 Å². The van der Waals surface area contributed by atoms with E-state index in [-0.39, 0.29) is 5.38 Å². The Morgan fingerprint density at radius 2 is 1.65 bits per heavy atom. The van der Waals surface area contributed by atoms with Gasteiger partial charge in [0.25, 0.3) is 0 Å². The largest absolute Gasteiger partial charge is 0.113 e. The molecule has 17 heavy (non-hydrogen) atoms. The number of halogens is 2. The molecule has 2 aromatic carbocycles. The summed E-state index contributed by atoms with van der Waals surface area (Å²) in [5.74, 6) is 0. The van der Waals surface area contributed by atoms with Crippen molar-refractivity contribution in [1.82, 2.24) is 0 Å². The number of rotatable bonds is 2. The molecule has 0 amide bonds. The Bertz CT molecular complexity index is 517. The van der Waals surface area contributed by atoms with Crippen molar-refractivity contribution in [3.8, 4) is 0 Å². The van der Waals surface area contributed by atoms with Crippen molar-refractivity contribution < 1.29 is 0 Å². The number of aryl methyl sites for hydroxylation is 2. The van der Waals surface area contributed by atoms with Crippen molar-refractivity contribution in [1.29, 1.82) is 0 Å². The van der Waals surface area contributed by atoms with Crippen molar-refractivity contribution in [2.75, 3.05) is 0 Å². The van der Waals surface area contributed by atoms with Crippen LogP contribution in [0.1, 0.15) is 27.6 Å². The Balaban J connectivity index is 2.36. The van der Waals surface area contributed by atoms with Crippen LogP contribution in [0.2, 0.25) is 0 Å². The van der Waals surface area contributed by atoms with E-state index in [4.69, 9.17) is 11.6 Å². The average Bonchev–Trinajstić information content (AvgIpc) is 2.29. The van der Waals surface area contributed by atoms with E-state index >= 15 is 0 Å². The van der Waals surface area contributed by atoms with E-state index in [0.717, 1.165) is 10.0 Å². The Hall–Kier alpha value is -0.790. The van der Waals surface area contributed by atoms with Crippen molar-refractivity contribution in [2.24, 2.45) is 0 Å². The minimum atomic E-state index is -0.0799. The third kappa shape index (κ3) is 2.91. The van der Waals surface area contributed by atoms with Gasteiger partial charge in [-0.25, -0.2) is 0 Å². The van der Waals surface area contributed by atoms with Crippen LogP contribution in [0.4, 0.5) is 0 Å². The zero-order chi connectivity index (χ0) is 12.4. The molecule has 2 heteroatoms. The first kappa shape index (κ1) is 12.7. The second-order valence-corrected chi connectivity index (χ2v) is 5.63. The average molecular weight is 310 g/mol. The van der Waals surface area contributed by atoms with Gasteiger partial charge in [0.15, 0.2) is 0 Å². The lowest BCUT2D eigenvalue weighted by Gasteiger charge is -2.13. The third-order valence-corrected chi connectivity index (χ3v) is 3.86. The van der Waals surface area contributed by atoms with E-state index in [9.17, 15) is 0 Å². The zero-order valence-electron chi connectivity index (χ0n) is 9.87. The normalized spacial score (nSPS) is 12.5. The minimum absolute atomic E-state index is 0.0799. The molecule has 0 N–H and O–H groups in total. The van der Waals surface area contributed by atoms with Gasteiger partial charge in [-0.2, -0.15) is 0 Å². The summed E-state index contributed by atoms with van der Waals surface area (Å²) in [5.41, 5.74) is 4.77. The molecule has 0 radical (unpaired) electrons. The van der Waals surface area contributed by atoms with Gasteiger partial charge < -0.3 is 0 Å². The second kappa shape index (κ2) is 5.24. The predicted octanol–water partition coefficient (Wildman–Crippen LogP) is 5.39. The van der Waals surface area contributed by atoms with Crippen LogP contribution in [0, 0.1) is 13.8 Å². The highest BCUT2D eigenvalue weighted by Gasteiger charge is 2.12. The summed E-state index contributed by atoms with van der Waals surface area (Å²) in [7, 11) is 0. The topological polar surface area (TPSA) is 0 Å². The Morgan fingerprint density at radius 3 is 2.24 bits per heavy atom. The Kier molecular flexibility index (Phi) is 3.90. The fraction of sp³-hybridized carbons (Fsp3) is 0.200. The van der Waals surface area contributed by atoms with E-state index in [0.29, 0.717) is 0 Å². The SMILES string of the molecule is Cc1ccc(C(Cl)c2ccc(Br)cc2C)cc1. The first-order valence-electron chi connectivity index (χ1n) is 5.54. The molecule has 0 saturated heterocycles. The molecule has 0 fully saturated rings. The van der Waals surface area contributed by atoms with Crippen LogP contribution in [-0.4, -0.2) is 0 Å². The maximum atomic E-state index is 6.53. The van der Waals surface area contributed by atoms with Crippen LogP contribution < -0.4 is 0 Å². The highest BCUT2D eigenvalue weighted by Crippen LogP contribution is 2.32. The van der Waals surface area contributed by atoms with Gasteiger partial charge in [-0.05, 0) is 42.7 Å². The van der Waals surface area contributed by atoms with E-state index in [2.05, 4.69) is 66.2 Å². The Labute approximate surface area is 116 Å². The predicted molar refractivity (Wildman–Crippen MR) is 77.8 cm³/mol. The third-order valence-electron chi connectivity index (χ3n) is 2.87. The van der Waals surface area contributed by atoms with Gasteiger partial charge in [0, 0.05) is 4.47 Å². The van der Waals surface area contributed by atoms with Crippen LogP contribution in [0.25, 0.3) is 0 Å². The van der Waals surface area contributed by atoms with Gasteiger partial charge in [-0.15, -0.1) is 11.6 Å². The van der Waals surface area contributed by atoms with Crippen molar-refractivity contribution >= 4 is 27.5 Å². The fourth-order valence-electron chi connectivity index (χ4n) is 1.84. The van der Waals surface area contributed by atoms with Crippen molar-refractivity contribution in [3.05, 3.63) is 69.2 Å². The lowest BCUT2D eigenvalue weighted by molar-refractivity contribution is 1.11. The maximum absolute atomic E-state index is 6.53. The van der Waals surface area contributed by atoms with E-state index in [1.54, 1.807) is 0 Å². The van der Waals surface area contributed by atoms with Gasteiger partial charge in [-0.3, -0.25) is 0 Å². The summed E-state index contributed by atoms with van der Waals surface area (Å²) >= 11 is 9.99. The standard InChI is InChI=1S/C15H14BrCl/c1-10-3-5-12(6-4-10)15(17)14-8-7-13(16)9-11(14)2/h3-9,15H,1-2H3. The maximum Gasteiger partial charge on any atom is 0.0838 e. The zero-order valence-corrected chi connectivity index (χ0v) is 12.2. The van der Waals surface area contributed by atoms with Crippen molar-refractivity contribution in [3.63, 3.8) is 0 Å².